The van der Waals surface area contributed by atoms with Crippen molar-refractivity contribution in [1.29, 1.82) is 0 Å². The largest absolute Gasteiger partial charge is 0.248 e. The van der Waals surface area contributed by atoms with Gasteiger partial charge in [0.1, 0.15) is 6.72 Å². The van der Waals surface area contributed by atoms with Crippen molar-refractivity contribution in [2.75, 3.05) is 0 Å². The minimum atomic E-state index is 1.02. The lowest BCUT2D eigenvalue weighted by molar-refractivity contribution is 0.643. The Morgan fingerprint density at radius 1 is 1.00 bits per heavy atom. The summed E-state index contributed by atoms with van der Waals surface area (Å²) < 4.78 is 0. The van der Waals surface area contributed by atoms with Crippen LogP contribution in [0.5, 0.6) is 0 Å². The fourth-order valence-electron chi connectivity index (χ4n) is 2.47. The SMILES string of the molecule is [C]=NC1=C(C2=CCCCC2)CCCC1. The van der Waals surface area contributed by atoms with Crippen LogP contribution in [0.3, 0.4) is 0 Å². The van der Waals surface area contributed by atoms with E-state index in [-0.39, 0.29) is 0 Å². The highest BCUT2D eigenvalue weighted by molar-refractivity contribution is 5.40. The summed E-state index contributed by atoms with van der Waals surface area (Å²) in [4.78, 5) is 3.69. The summed E-state index contributed by atoms with van der Waals surface area (Å²) in [6, 6.07) is 0. The second-order valence-corrected chi connectivity index (χ2v) is 4.22. The molecule has 74 valence electrons. The van der Waals surface area contributed by atoms with Gasteiger partial charge in [0.05, 0.1) is 0 Å². The normalized spacial score (nSPS) is 23.3. The van der Waals surface area contributed by atoms with Gasteiger partial charge in [0, 0.05) is 5.70 Å². The van der Waals surface area contributed by atoms with E-state index < -0.39 is 0 Å². The van der Waals surface area contributed by atoms with Gasteiger partial charge < -0.3 is 0 Å². The van der Waals surface area contributed by atoms with Crippen LogP contribution in [0, 0.1) is 0 Å². The molecule has 2 rings (SSSR count). The van der Waals surface area contributed by atoms with Gasteiger partial charge in [-0.3, -0.25) is 0 Å². The van der Waals surface area contributed by atoms with E-state index in [0.717, 1.165) is 18.5 Å². The smallest absolute Gasteiger partial charge is 0.119 e. The Labute approximate surface area is 86.6 Å². The zero-order valence-corrected chi connectivity index (χ0v) is 8.68. The highest BCUT2D eigenvalue weighted by Crippen LogP contribution is 2.34. The van der Waals surface area contributed by atoms with Crippen molar-refractivity contribution in [3.8, 4) is 0 Å². The topological polar surface area (TPSA) is 12.4 Å². The van der Waals surface area contributed by atoms with Gasteiger partial charge in [-0.2, -0.15) is 0 Å². The van der Waals surface area contributed by atoms with E-state index in [0.29, 0.717) is 0 Å². The highest BCUT2D eigenvalue weighted by Gasteiger charge is 2.16. The van der Waals surface area contributed by atoms with Gasteiger partial charge in [0.25, 0.3) is 0 Å². The number of hydrogen-bond donors (Lipinski definition) is 0. The molecule has 2 aliphatic rings. The van der Waals surface area contributed by atoms with Crippen LogP contribution in [0.2, 0.25) is 0 Å². The molecule has 0 aromatic carbocycles. The molecule has 0 N–H and O–H groups in total. The summed E-state index contributed by atoms with van der Waals surface area (Å²) >= 11 is 0. The van der Waals surface area contributed by atoms with Gasteiger partial charge in [0.15, 0.2) is 0 Å². The molecular weight excluding hydrogens is 170 g/mol. The lowest BCUT2D eigenvalue weighted by Gasteiger charge is -2.22. The van der Waals surface area contributed by atoms with E-state index >= 15 is 0 Å². The van der Waals surface area contributed by atoms with Gasteiger partial charge in [-0.1, -0.05) is 6.08 Å². The maximum Gasteiger partial charge on any atom is 0.119 e. The zero-order valence-electron chi connectivity index (χ0n) is 8.68. The Morgan fingerprint density at radius 3 is 2.50 bits per heavy atom. The van der Waals surface area contributed by atoms with Crippen LogP contribution in [0.1, 0.15) is 51.4 Å². The first-order chi connectivity index (χ1) is 6.92. The number of allylic oxidation sites excluding steroid dienone is 4. The third-order valence-electron chi connectivity index (χ3n) is 3.25. The van der Waals surface area contributed by atoms with Crippen LogP contribution in [0.15, 0.2) is 27.9 Å². The van der Waals surface area contributed by atoms with Crippen molar-refractivity contribution in [1.82, 2.24) is 0 Å². The van der Waals surface area contributed by atoms with Gasteiger partial charge in [-0.25, -0.2) is 4.99 Å². The van der Waals surface area contributed by atoms with E-state index in [1.165, 1.54) is 49.7 Å². The molecule has 14 heavy (non-hydrogen) atoms. The van der Waals surface area contributed by atoms with Gasteiger partial charge in [-0.15, -0.1) is 0 Å². The Kier molecular flexibility index (Phi) is 3.18. The van der Waals surface area contributed by atoms with Crippen molar-refractivity contribution in [2.24, 2.45) is 4.99 Å². The highest BCUT2D eigenvalue weighted by atomic mass is 14.7. The van der Waals surface area contributed by atoms with E-state index in [1.807, 2.05) is 0 Å². The van der Waals surface area contributed by atoms with Gasteiger partial charge >= 0.3 is 0 Å². The monoisotopic (exact) mass is 187 g/mol. The Morgan fingerprint density at radius 2 is 1.79 bits per heavy atom. The molecule has 1 heteroatoms. The molecule has 0 unspecified atom stereocenters. The molecule has 0 amide bonds. The minimum absolute atomic E-state index is 1.02. The van der Waals surface area contributed by atoms with Crippen LogP contribution in [-0.2, 0) is 0 Å². The van der Waals surface area contributed by atoms with Crippen molar-refractivity contribution < 1.29 is 0 Å². The predicted molar refractivity (Wildman–Crippen MR) is 59.5 cm³/mol. The summed E-state index contributed by atoms with van der Waals surface area (Å²) in [6.45, 7) is 7.19. The summed E-state index contributed by atoms with van der Waals surface area (Å²) in [7, 11) is 0. The molecule has 0 atom stereocenters. The van der Waals surface area contributed by atoms with Crippen LogP contribution in [-0.4, -0.2) is 6.72 Å². The molecule has 0 heterocycles. The lowest BCUT2D eigenvalue weighted by atomic mass is 9.86. The second-order valence-electron chi connectivity index (χ2n) is 4.22. The standard InChI is InChI=1S/C13H17N/c1-14-13-10-6-5-9-12(13)11-7-3-2-4-8-11/h7H,2-6,8-10H2. The quantitative estimate of drug-likeness (QED) is 0.583. The number of aliphatic imine (C=N–C) groups is 1. The predicted octanol–water partition coefficient (Wildman–Crippen LogP) is 3.77. The summed E-state index contributed by atoms with van der Waals surface area (Å²) in [6.07, 6.45) is 12.2. The molecule has 0 bridgehead atoms. The third kappa shape index (κ3) is 1.97. The Balaban J connectivity index is 2.24. The maximum atomic E-state index is 7.19. The second kappa shape index (κ2) is 4.59. The van der Waals surface area contributed by atoms with Gasteiger partial charge in [-0.05, 0) is 62.5 Å². The average molecular weight is 187 g/mol. The summed E-state index contributed by atoms with van der Waals surface area (Å²) in [5.74, 6) is 0. The lowest BCUT2D eigenvalue weighted by Crippen LogP contribution is -2.03. The average Bonchev–Trinajstić information content (AvgIpc) is 2.30. The number of rotatable bonds is 2. The molecule has 0 spiro atoms. The van der Waals surface area contributed by atoms with Crippen molar-refractivity contribution in [3.05, 3.63) is 22.9 Å². The third-order valence-corrected chi connectivity index (χ3v) is 3.25. The van der Waals surface area contributed by atoms with E-state index in [4.69, 9.17) is 6.72 Å². The molecule has 2 aliphatic carbocycles. The first-order valence-electron chi connectivity index (χ1n) is 5.70. The van der Waals surface area contributed by atoms with Crippen LogP contribution in [0.4, 0.5) is 0 Å². The molecule has 0 aromatic heterocycles. The Hall–Kier alpha value is -0.850. The molecule has 0 aliphatic heterocycles. The van der Waals surface area contributed by atoms with Gasteiger partial charge in [0.2, 0.25) is 0 Å². The summed E-state index contributed by atoms with van der Waals surface area (Å²) in [5, 5.41) is 0. The molecule has 1 nitrogen and oxygen atoms in total. The van der Waals surface area contributed by atoms with Crippen molar-refractivity contribution >= 4 is 6.72 Å². The molecule has 2 radical (unpaired) electrons. The van der Waals surface area contributed by atoms with E-state index in [9.17, 15) is 0 Å². The van der Waals surface area contributed by atoms with Crippen molar-refractivity contribution in [2.45, 2.75) is 51.4 Å². The Bertz CT molecular complexity index is 284. The van der Waals surface area contributed by atoms with E-state index in [1.54, 1.807) is 0 Å². The molecular formula is C13H17N. The fourth-order valence-corrected chi connectivity index (χ4v) is 2.47. The number of nitrogens with zero attached hydrogens (tertiary/aromatic N) is 1. The minimum Gasteiger partial charge on any atom is -0.248 e. The first kappa shape index (κ1) is 9.70. The van der Waals surface area contributed by atoms with E-state index in [2.05, 4.69) is 11.1 Å². The molecule has 0 saturated carbocycles. The summed E-state index contributed by atoms with van der Waals surface area (Å²) in [5.41, 5.74) is 3.97. The number of hydrogen-bond acceptors (Lipinski definition) is 1. The van der Waals surface area contributed by atoms with Crippen molar-refractivity contribution in [3.63, 3.8) is 0 Å². The van der Waals surface area contributed by atoms with Crippen LogP contribution < -0.4 is 0 Å². The first-order valence-corrected chi connectivity index (χ1v) is 5.70. The maximum absolute atomic E-state index is 7.19. The molecule has 0 fully saturated rings. The van der Waals surface area contributed by atoms with Crippen LogP contribution in [0.25, 0.3) is 0 Å². The van der Waals surface area contributed by atoms with Crippen LogP contribution >= 0.6 is 0 Å². The molecule has 0 aromatic rings. The molecule has 0 saturated heterocycles. The fraction of sp³-hybridized carbons (Fsp3) is 0.615. The zero-order chi connectivity index (χ0) is 9.80.